The first-order valence-corrected chi connectivity index (χ1v) is 8.19. The molecule has 1 aliphatic heterocycles. The van der Waals surface area contributed by atoms with Crippen LogP contribution in [0.2, 0.25) is 0 Å². The molecule has 1 aromatic carbocycles. The first-order chi connectivity index (χ1) is 10.7. The van der Waals surface area contributed by atoms with Crippen LogP contribution in [0.4, 0.5) is 0 Å². The lowest BCUT2D eigenvalue weighted by Crippen LogP contribution is -2.67. The van der Waals surface area contributed by atoms with E-state index >= 15 is 0 Å². The Morgan fingerprint density at radius 1 is 1.36 bits per heavy atom. The highest BCUT2D eigenvalue weighted by Crippen LogP contribution is 2.39. The van der Waals surface area contributed by atoms with Crippen molar-refractivity contribution >= 4 is 16.9 Å². The van der Waals surface area contributed by atoms with Crippen LogP contribution in [0.1, 0.15) is 43.4 Å². The summed E-state index contributed by atoms with van der Waals surface area (Å²) in [7, 11) is 0. The minimum atomic E-state index is 0.00276. The molecule has 1 saturated carbocycles. The number of hydrogen-bond donors (Lipinski definition) is 2. The molecule has 4 heteroatoms. The van der Waals surface area contributed by atoms with Gasteiger partial charge in [0.05, 0.1) is 5.54 Å². The summed E-state index contributed by atoms with van der Waals surface area (Å²) < 4.78 is 5.84. The third-order valence-corrected chi connectivity index (χ3v) is 5.39. The molecule has 1 amide bonds. The number of aryl methyl sites for hydroxylation is 1. The third kappa shape index (κ3) is 2.13. The standard InChI is InChI=1S/C18H22N2O2/c1-12-14(13-5-2-3-6-15(13)22-12)11-19-16-7-8-17(21)20-18(16)9-4-10-18/h2-3,5-6,16,19H,4,7-11H2,1H3,(H,20,21). The van der Waals surface area contributed by atoms with Crippen LogP contribution in [-0.2, 0) is 11.3 Å². The molecule has 2 fully saturated rings. The second-order valence-corrected chi connectivity index (χ2v) is 6.66. The zero-order valence-corrected chi connectivity index (χ0v) is 12.9. The molecule has 1 atom stereocenters. The van der Waals surface area contributed by atoms with Crippen molar-refractivity contribution in [3.63, 3.8) is 0 Å². The normalized spacial score (nSPS) is 23.5. The van der Waals surface area contributed by atoms with Crippen molar-refractivity contribution in [2.24, 2.45) is 0 Å². The number of amides is 1. The number of nitrogens with one attached hydrogen (secondary N) is 2. The van der Waals surface area contributed by atoms with Gasteiger partial charge in [-0.25, -0.2) is 0 Å². The lowest BCUT2D eigenvalue weighted by Gasteiger charge is -2.51. The Morgan fingerprint density at radius 2 is 2.18 bits per heavy atom. The van der Waals surface area contributed by atoms with Crippen LogP contribution < -0.4 is 10.6 Å². The van der Waals surface area contributed by atoms with Crippen LogP contribution in [0.3, 0.4) is 0 Å². The van der Waals surface area contributed by atoms with E-state index in [2.05, 4.69) is 22.8 Å². The SMILES string of the molecule is Cc1oc2ccccc2c1CNC1CCC(=O)NC12CCC2. The Balaban J connectivity index is 1.54. The molecule has 0 bridgehead atoms. The van der Waals surface area contributed by atoms with Crippen molar-refractivity contribution in [2.45, 2.75) is 57.2 Å². The van der Waals surface area contributed by atoms with Crippen molar-refractivity contribution in [1.82, 2.24) is 10.6 Å². The van der Waals surface area contributed by atoms with Gasteiger partial charge in [0.25, 0.3) is 0 Å². The maximum atomic E-state index is 11.7. The number of hydrogen-bond acceptors (Lipinski definition) is 3. The Kier molecular flexibility index (Phi) is 3.22. The molecule has 22 heavy (non-hydrogen) atoms. The Labute approximate surface area is 130 Å². The highest BCUT2D eigenvalue weighted by Gasteiger charge is 2.47. The van der Waals surface area contributed by atoms with Gasteiger partial charge in [0, 0.05) is 30.0 Å². The summed E-state index contributed by atoms with van der Waals surface area (Å²) in [4.78, 5) is 11.7. The zero-order valence-electron chi connectivity index (χ0n) is 12.9. The summed E-state index contributed by atoms with van der Waals surface area (Å²) in [5, 5.41) is 8.12. The molecular formula is C18H22N2O2. The lowest BCUT2D eigenvalue weighted by atomic mass is 9.68. The monoisotopic (exact) mass is 298 g/mol. The number of carbonyl (C=O) groups is 1. The molecular weight excluding hydrogens is 276 g/mol. The highest BCUT2D eigenvalue weighted by atomic mass is 16.3. The number of rotatable bonds is 3. The number of piperidine rings is 1. The van der Waals surface area contributed by atoms with Crippen molar-refractivity contribution in [3.8, 4) is 0 Å². The molecule has 1 aliphatic carbocycles. The van der Waals surface area contributed by atoms with Gasteiger partial charge in [0.1, 0.15) is 11.3 Å². The van der Waals surface area contributed by atoms with Crippen LogP contribution in [0, 0.1) is 6.92 Å². The van der Waals surface area contributed by atoms with Gasteiger partial charge in [0.15, 0.2) is 0 Å². The van der Waals surface area contributed by atoms with Gasteiger partial charge in [-0.3, -0.25) is 4.79 Å². The van der Waals surface area contributed by atoms with E-state index in [9.17, 15) is 4.79 Å². The molecule has 116 valence electrons. The van der Waals surface area contributed by atoms with Gasteiger partial charge in [0.2, 0.25) is 5.91 Å². The van der Waals surface area contributed by atoms with Gasteiger partial charge >= 0.3 is 0 Å². The maximum absolute atomic E-state index is 11.7. The summed E-state index contributed by atoms with van der Waals surface area (Å²) in [6, 6.07) is 8.55. The average Bonchev–Trinajstić information content (AvgIpc) is 2.80. The van der Waals surface area contributed by atoms with Crippen molar-refractivity contribution in [3.05, 3.63) is 35.6 Å². The van der Waals surface area contributed by atoms with E-state index in [0.29, 0.717) is 12.5 Å². The first kappa shape index (κ1) is 13.8. The quantitative estimate of drug-likeness (QED) is 0.916. The largest absolute Gasteiger partial charge is 0.461 e. The number of carbonyl (C=O) groups excluding carboxylic acids is 1. The van der Waals surface area contributed by atoms with Crippen LogP contribution in [0.5, 0.6) is 0 Å². The van der Waals surface area contributed by atoms with E-state index in [-0.39, 0.29) is 11.4 Å². The van der Waals surface area contributed by atoms with Crippen LogP contribution in [-0.4, -0.2) is 17.5 Å². The second-order valence-electron chi connectivity index (χ2n) is 6.66. The predicted octanol–water partition coefficient (Wildman–Crippen LogP) is 3.03. The fraction of sp³-hybridized carbons (Fsp3) is 0.500. The van der Waals surface area contributed by atoms with Crippen molar-refractivity contribution < 1.29 is 9.21 Å². The van der Waals surface area contributed by atoms with E-state index in [1.807, 2.05) is 19.1 Å². The summed E-state index contributed by atoms with van der Waals surface area (Å²) >= 11 is 0. The topological polar surface area (TPSA) is 54.3 Å². The molecule has 2 heterocycles. The lowest BCUT2D eigenvalue weighted by molar-refractivity contribution is -0.128. The van der Waals surface area contributed by atoms with Crippen LogP contribution in [0.25, 0.3) is 11.0 Å². The second kappa shape index (κ2) is 5.13. The van der Waals surface area contributed by atoms with Gasteiger partial charge in [-0.1, -0.05) is 18.2 Å². The van der Waals surface area contributed by atoms with E-state index < -0.39 is 0 Å². The van der Waals surface area contributed by atoms with Crippen LogP contribution in [0.15, 0.2) is 28.7 Å². The fourth-order valence-corrected chi connectivity index (χ4v) is 3.97. The Bertz CT molecular complexity index is 715. The van der Waals surface area contributed by atoms with Crippen LogP contribution >= 0.6 is 0 Å². The minimum absolute atomic E-state index is 0.00276. The average molecular weight is 298 g/mol. The maximum Gasteiger partial charge on any atom is 0.220 e. The van der Waals surface area contributed by atoms with Crippen molar-refractivity contribution in [1.29, 1.82) is 0 Å². The third-order valence-electron chi connectivity index (χ3n) is 5.39. The molecule has 2 N–H and O–H groups in total. The number of fused-ring (bicyclic) bond motifs is 1. The minimum Gasteiger partial charge on any atom is -0.461 e. The van der Waals surface area contributed by atoms with Gasteiger partial charge in [-0.05, 0) is 38.7 Å². The molecule has 4 rings (SSSR count). The van der Waals surface area contributed by atoms with Crippen molar-refractivity contribution in [2.75, 3.05) is 0 Å². The summed E-state index contributed by atoms with van der Waals surface area (Å²) in [5.41, 5.74) is 2.19. The first-order valence-electron chi connectivity index (χ1n) is 8.19. The smallest absolute Gasteiger partial charge is 0.220 e. The van der Waals surface area contributed by atoms with Gasteiger partial charge in [-0.2, -0.15) is 0 Å². The highest BCUT2D eigenvalue weighted by molar-refractivity contribution is 5.82. The number of furan rings is 1. The predicted molar refractivity (Wildman–Crippen MR) is 85.5 cm³/mol. The zero-order chi connectivity index (χ0) is 15.2. The number of benzene rings is 1. The molecule has 1 aromatic heterocycles. The van der Waals surface area contributed by atoms with E-state index in [4.69, 9.17) is 4.42 Å². The Morgan fingerprint density at radius 3 is 2.95 bits per heavy atom. The fourth-order valence-electron chi connectivity index (χ4n) is 3.97. The summed E-state index contributed by atoms with van der Waals surface area (Å²) in [6.07, 6.45) is 4.97. The molecule has 1 unspecified atom stereocenters. The molecule has 1 saturated heterocycles. The van der Waals surface area contributed by atoms with Gasteiger partial charge in [-0.15, -0.1) is 0 Å². The van der Waals surface area contributed by atoms with Gasteiger partial charge < -0.3 is 15.1 Å². The summed E-state index contributed by atoms with van der Waals surface area (Å²) in [5.74, 6) is 1.19. The molecule has 0 radical (unpaired) electrons. The molecule has 2 aromatic rings. The number of para-hydroxylation sites is 1. The summed E-state index contributed by atoms with van der Waals surface area (Å²) in [6.45, 7) is 2.82. The van der Waals surface area contributed by atoms with E-state index in [0.717, 1.165) is 37.2 Å². The Hall–Kier alpha value is -1.81. The molecule has 4 nitrogen and oxygen atoms in total. The molecule has 2 aliphatic rings. The van der Waals surface area contributed by atoms with E-state index in [1.165, 1.54) is 17.4 Å². The molecule has 1 spiro atoms. The van der Waals surface area contributed by atoms with E-state index in [1.54, 1.807) is 0 Å².